The van der Waals surface area contributed by atoms with E-state index in [0.29, 0.717) is 37.7 Å². The van der Waals surface area contributed by atoms with E-state index in [0.717, 1.165) is 28.2 Å². The van der Waals surface area contributed by atoms with Crippen molar-refractivity contribution in [3.05, 3.63) is 35.2 Å². The summed E-state index contributed by atoms with van der Waals surface area (Å²) < 4.78 is 16.2. The average Bonchev–Trinajstić information content (AvgIpc) is 3.05. The third-order valence-corrected chi connectivity index (χ3v) is 4.48. The number of nitrogens with zero attached hydrogens (tertiary/aromatic N) is 4. The molecule has 0 aliphatic rings. The van der Waals surface area contributed by atoms with Crippen LogP contribution in [0.15, 0.2) is 22.7 Å². The van der Waals surface area contributed by atoms with Gasteiger partial charge in [-0.1, -0.05) is 28.9 Å². The van der Waals surface area contributed by atoms with Gasteiger partial charge in [-0.15, -0.1) is 0 Å². The van der Waals surface area contributed by atoms with E-state index in [4.69, 9.17) is 14.0 Å². The van der Waals surface area contributed by atoms with Gasteiger partial charge in [0, 0.05) is 32.9 Å². The lowest BCUT2D eigenvalue weighted by atomic mass is 10.0. The second kappa shape index (κ2) is 8.45. The highest BCUT2D eigenvalue weighted by Crippen LogP contribution is 2.33. The first-order valence-corrected chi connectivity index (χ1v) is 8.99. The van der Waals surface area contributed by atoms with Crippen LogP contribution in [0.1, 0.15) is 17.0 Å². The topological polar surface area (TPSA) is 73.5 Å². The van der Waals surface area contributed by atoms with Crippen LogP contribution in [0.25, 0.3) is 22.4 Å². The number of methoxy groups -OCH3 is 2. The van der Waals surface area contributed by atoms with Gasteiger partial charge in [-0.05, 0) is 26.3 Å². The molecule has 3 aromatic rings. The molecule has 0 aliphatic heterocycles. The summed E-state index contributed by atoms with van der Waals surface area (Å²) in [5.41, 5.74) is 5.42. The highest BCUT2D eigenvalue weighted by molar-refractivity contribution is 5.94. The zero-order chi connectivity index (χ0) is 19.4. The first-order chi connectivity index (χ1) is 13.0. The fourth-order valence-corrected chi connectivity index (χ4v) is 3.12. The van der Waals surface area contributed by atoms with Gasteiger partial charge in [0.15, 0.2) is 5.82 Å². The molecule has 27 heavy (non-hydrogen) atoms. The standard InChI is InChI=1S/C20H26N4O3/c1-13-6-7-16(14(2)12-13)17-18-19(27-23-17)20(22-15(3)21-18)24(8-10-25-4)9-11-26-5/h6-7,12H,8-11H2,1-5H3. The molecule has 7 nitrogen and oxygen atoms in total. The fraction of sp³-hybridized carbons (Fsp3) is 0.450. The van der Waals surface area contributed by atoms with E-state index in [2.05, 4.69) is 52.1 Å². The molecule has 0 bridgehead atoms. The zero-order valence-electron chi connectivity index (χ0n) is 16.6. The molecule has 0 unspecified atom stereocenters. The quantitative estimate of drug-likeness (QED) is 0.602. The molecule has 0 saturated heterocycles. The van der Waals surface area contributed by atoms with Gasteiger partial charge in [-0.3, -0.25) is 0 Å². The molecule has 0 atom stereocenters. The third-order valence-electron chi connectivity index (χ3n) is 4.48. The van der Waals surface area contributed by atoms with Crippen LogP contribution in [0.5, 0.6) is 0 Å². The molecule has 0 saturated carbocycles. The smallest absolute Gasteiger partial charge is 0.228 e. The van der Waals surface area contributed by atoms with Crippen molar-refractivity contribution in [2.75, 3.05) is 45.4 Å². The summed E-state index contributed by atoms with van der Waals surface area (Å²) in [6, 6.07) is 6.27. The Morgan fingerprint density at radius 3 is 2.33 bits per heavy atom. The first-order valence-electron chi connectivity index (χ1n) is 8.99. The number of ether oxygens (including phenoxy) is 2. The predicted molar refractivity (Wildman–Crippen MR) is 105 cm³/mol. The predicted octanol–water partition coefficient (Wildman–Crippen LogP) is 3.31. The minimum Gasteiger partial charge on any atom is -0.383 e. The summed E-state index contributed by atoms with van der Waals surface area (Å²) in [5.74, 6) is 1.39. The van der Waals surface area contributed by atoms with E-state index in [1.807, 2.05) is 6.92 Å². The molecule has 0 amide bonds. The molecule has 0 N–H and O–H groups in total. The van der Waals surface area contributed by atoms with Gasteiger partial charge in [0.05, 0.1) is 13.2 Å². The van der Waals surface area contributed by atoms with Crippen molar-refractivity contribution in [2.45, 2.75) is 20.8 Å². The number of anilines is 1. The molecule has 0 spiro atoms. The number of aryl methyl sites for hydroxylation is 3. The van der Waals surface area contributed by atoms with Gasteiger partial charge in [-0.25, -0.2) is 9.97 Å². The van der Waals surface area contributed by atoms with Crippen LogP contribution < -0.4 is 4.90 Å². The van der Waals surface area contributed by atoms with Gasteiger partial charge in [0.1, 0.15) is 17.0 Å². The van der Waals surface area contributed by atoms with E-state index >= 15 is 0 Å². The van der Waals surface area contributed by atoms with Crippen LogP contribution >= 0.6 is 0 Å². The minimum absolute atomic E-state index is 0.576. The van der Waals surface area contributed by atoms with Crippen LogP contribution in [-0.2, 0) is 9.47 Å². The average molecular weight is 370 g/mol. The third kappa shape index (κ3) is 4.09. The molecule has 1 aromatic carbocycles. The molecule has 0 fully saturated rings. The van der Waals surface area contributed by atoms with Gasteiger partial charge in [0.2, 0.25) is 5.58 Å². The molecule has 2 aromatic heterocycles. The summed E-state index contributed by atoms with van der Waals surface area (Å²) in [4.78, 5) is 11.3. The number of aromatic nitrogens is 3. The molecular formula is C20H26N4O3. The van der Waals surface area contributed by atoms with Gasteiger partial charge < -0.3 is 18.9 Å². The number of fused-ring (bicyclic) bond motifs is 1. The fourth-order valence-electron chi connectivity index (χ4n) is 3.12. The van der Waals surface area contributed by atoms with Crippen LogP contribution in [0.2, 0.25) is 0 Å². The van der Waals surface area contributed by atoms with Crippen molar-refractivity contribution >= 4 is 16.9 Å². The van der Waals surface area contributed by atoms with Gasteiger partial charge in [0.25, 0.3) is 0 Å². The number of rotatable bonds is 8. The lowest BCUT2D eigenvalue weighted by Gasteiger charge is -2.22. The molecule has 0 radical (unpaired) electrons. The van der Waals surface area contributed by atoms with E-state index in [9.17, 15) is 0 Å². The molecule has 0 aliphatic carbocycles. The Morgan fingerprint density at radius 1 is 1.00 bits per heavy atom. The van der Waals surface area contributed by atoms with Crippen molar-refractivity contribution in [3.8, 4) is 11.3 Å². The molecule has 144 valence electrons. The Morgan fingerprint density at radius 2 is 1.70 bits per heavy atom. The van der Waals surface area contributed by atoms with Crippen LogP contribution in [-0.4, -0.2) is 55.6 Å². The molecule has 7 heteroatoms. The minimum atomic E-state index is 0.576. The Kier molecular flexibility index (Phi) is 6.03. The second-order valence-electron chi connectivity index (χ2n) is 6.59. The van der Waals surface area contributed by atoms with Gasteiger partial charge in [-0.2, -0.15) is 0 Å². The van der Waals surface area contributed by atoms with Crippen molar-refractivity contribution < 1.29 is 14.0 Å². The summed E-state index contributed by atoms with van der Waals surface area (Å²) in [7, 11) is 3.37. The SMILES string of the molecule is COCCN(CCOC)c1nc(C)nc2c(-c3ccc(C)cc3C)noc12. The maximum absolute atomic E-state index is 5.72. The lowest BCUT2D eigenvalue weighted by Crippen LogP contribution is -2.31. The lowest BCUT2D eigenvalue weighted by molar-refractivity contribution is 0.190. The van der Waals surface area contributed by atoms with E-state index in [1.165, 1.54) is 5.56 Å². The number of hydrogen-bond donors (Lipinski definition) is 0. The van der Waals surface area contributed by atoms with Crippen LogP contribution in [0, 0.1) is 20.8 Å². The summed E-state index contributed by atoms with van der Waals surface area (Å²) in [5, 5.41) is 4.33. The van der Waals surface area contributed by atoms with E-state index in [1.54, 1.807) is 14.2 Å². The Labute approximate surface area is 159 Å². The summed E-state index contributed by atoms with van der Waals surface area (Å²) >= 11 is 0. The van der Waals surface area contributed by atoms with E-state index in [-0.39, 0.29) is 0 Å². The van der Waals surface area contributed by atoms with Crippen molar-refractivity contribution in [1.82, 2.24) is 15.1 Å². The highest BCUT2D eigenvalue weighted by atomic mass is 16.5. The highest BCUT2D eigenvalue weighted by Gasteiger charge is 2.22. The number of hydrogen-bond acceptors (Lipinski definition) is 7. The Hall–Kier alpha value is -2.51. The Bertz CT molecular complexity index is 915. The molecule has 3 rings (SSSR count). The van der Waals surface area contributed by atoms with Crippen molar-refractivity contribution in [1.29, 1.82) is 0 Å². The van der Waals surface area contributed by atoms with Crippen LogP contribution in [0.4, 0.5) is 5.82 Å². The Balaban J connectivity index is 2.11. The second-order valence-corrected chi connectivity index (χ2v) is 6.59. The largest absolute Gasteiger partial charge is 0.383 e. The molecular weight excluding hydrogens is 344 g/mol. The monoisotopic (exact) mass is 370 g/mol. The molecule has 2 heterocycles. The van der Waals surface area contributed by atoms with E-state index < -0.39 is 0 Å². The van der Waals surface area contributed by atoms with Crippen molar-refractivity contribution in [2.24, 2.45) is 0 Å². The maximum atomic E-state index is 5.72. The normalized spacial score (nSPS) is 11.3. The first kappa shape index (κ1) is 19.3. The number of benzene rings is 1. The zero-order valence-corrected chi connectivity index (χ0v) is 16.6. The van der Waals surface area contributed by atoms with Gasteiger partial charge >= 0.3 is 0 Å². The van der Waals surface area contributed by atoms with Crippen LogP contribution in [0.3, 0.4) is 0 Å². The maximum Gasteiger partial charge on any atom is 0.228 e. The summed E-state index contributed by atoms with van der Waals surface area (Å²) in [6.45, 7) is 8.52. The van der Waals surface area contributed by atoms with Crippen molar-refractivity contribution in [3.63, 3.8) is 0 Å². The summed E-state index contributed by atoms with van der Waals surface area (Å²) in [6.07, 6.45) is 0.